The van der Waals surface area contributed by atoms with E-state index >= 15 is 0 Å². The van der Waals surface area contributed by atoms with Gasteiger partial charge in [0.25, 0.3) is 5.91 Å². The van der Waals surface area contributed by atoms with Crippen LogP contribution < -0.4 is 10.6 Å². The van der Waals surface area contributed by atoms with Crippen molar-refractivity contribution in [2.75, 3.05) is 26.3 Å². The summed E-state index contributed by atoms with van der Waals surface area (Å²) in [6.07, 6.45) is 9.19. The Kier molecular flexibility index (Phi) is 6.15. The molecule has 2 aromatic heterocycles. The highest BCUT2D eigenvalue weighted by molar-refractivity contribution is 5.96. The number of rotatable bonds is 5. The molecule has 2 aromatic rings. The van der Waals surface area contributed by atoms with Gasteiger partial charge in [0, 0.05) is 54.7 Å². The summed E-state index contributed by atoms with van der Waals surface area (Å²) in [6, 6.07) is 7.58. The van der Waals surface area contributed by atoms with Crippen molar-refractivity contribution in [3.05, 3.63) is 77.6 Å². The molecular formula is C24H29N5O2. The molecule has 1 amide bonds. The van der Waals surface area contributed by atoms with Crippen molar-refractivity contribution in [3.63, 3.8) is 0 Å². The van der Waals surface area contributed by atoms with Crippen molar-refractivity contribution in [1.29, 1.82) is 0 Å². The van der Waals surface area contributed by atoms with Crippen LogP contribution in [0.5, 0.6) is 0 Å². The normalized spacial score (nSPS) is 21.8. The summed E-state index contributed by atoms with van der Waals surface area (Å²) < 4.78 is 5.55. The largest absolute Gasteiger partial charge is 0.379 e. The number of carbonyl (C=O) groups is 1. The average molecular weight is 420 g/mol. The summed E-state index contributed by atoms with van der Waals surface area (Å²) in [5, 5.41) is 6.58. The average Bonchev–Trinajstić information content (AvgIpc) is 2.81. The molecule has 2 aliphatic heterocycles. The van der Waals surface area contributed by atoms with Crippen LogP contribution in [0.1, 0.15) is 48.3 Å². The summed E-state index contributed by atoms with van der Waals surface area (Å²) in [6.45, 7) is 9.36. The quantitative estimate of drug-likeness (QED) is 0.776. The standard InChI is InChI=1S/C24H29N5O2/c1-17(2)22-14-19(6-9-26-22)23(30)28-20-15-21(18-4-7-25-8-5-18)24(3,27-16-20)29-10-12-31-13-11-29/h4-9,14-17,27H,10-13H2,1-3H3,(H,28,30). The molecule has 2 N–H and O–H groups in total. The number of amides is 1. The maximum atomic E-state index is 12.9. The Balaban J connectivity index is 1.62. The molecule has 0 spiro atoms. The second-order valence-electron chi connectivity index (χ2n) is 8.29. The van der Waals surface area contributed by atoms with E-state index in [-0.39, 0.29) is 11.8 Å². The first-order valence-electron chi connectivity index (χ1n) is 10.7. The van der Waals surface area contributed by atoms with Crippen molar-refractivity contribution in [1.82, 2.24) is 25.5 Å². The van der Waals surface area contributed by atoms with Crippen molar-refractivity contribution in [3.8, 4) is 0 Å². The van der Waals surface area contributed by atoms with Gasteiger partial charge in [-0.2, -0.15) is 0 Å². The van der Waals surface area contributed by atoms with Gasteiger partial charge in [-0.25, -0.2) is 0 Å². The molecule has 1 atom stereocenters. The number of carbonyl (C=O) groups excluding carboxylic acids is 1. The predicted octanol–water partition coefficient (Wildman–Crippen LogP) is 2.91. The third-order valence-corrected chi connectivity index (χ3v) is 5.86. The molecule has 1 fully saturated rings. The number of aromatic nitrogens is 2. The summed E-state index contributed by atoms with van der Waals surface area (Å²) in [4.78, 5) is 23.8. The van der Waals surface area contributed by atoms with E-state index in [9.17, 15) is 4.79 Å². The summed E-state index contributed by atoms with van der Waals surface area (Å²) in [5.41, 5.74) is 3.93. The predicted molar refractivity (Wildman–Crippen MR) is 120 cm³/mol. The molecule has 1 unspecified atom stereocenters. The van der Waals surface area contributed by atoms with E-state index in [0.29, 0.717) is 24.5 Å². The molecule has 0 aromatic carbocycles. The number of morpholine rings is 1. The zero-order valence-corrected chi connectivity index (χ0v) is 18.3. The molecule has 4 heterocycles. The molecule has 0 bridgehead atoms. The molecular weight excluding hydrogens is 390 g/mol. The maximum Gasteiger partial charge on any atom is 0.255 e. The van der Waals surface area contributed by atoms with Crippen molar-refractivity contribution >= 4 is 11.5 Å². The SMILES string of the molecule is CC(C)c1cc(C(=O)NC2=CNC(C)(N3CCOCC3)C(c3ccncc3)=C2)ccn1. The van der Waals surface area contributed by atoms with Gasteiger partial charge in [-0.1, -0.05) is 13.8 Å². The summed E-state index contributed by atoms with van der Waals surface area (Å²) in [5.74, 6) is 0.105. The van der Waals surface area contributed by atoms with Crippen LogP contribution in [0.4, 0.5) is 0 Å². The molecule has 0 aliphatic carbocycles. The van der Waals surface area contributed by atoms with Crippen molar-refractivity contribution in [2.24, 2.45) is 0 Å². The number of hydrogen-bond acceptors (Lipinski definition) is 6. The Bertz CT molecular complexity index is 996. The van der Waals surface area contributed by atoms with Crippen LogP contribution in [0.15, 0.2) is 60.8 Å². The Morgan fingerprint density at radius 2 is 1.94 bits per heavy atom. The number of nitrogens with zero attached hydrogens (tertiary/aromatic N) is 3. The molecule has 2 aliphatic rings. The highest BCUT2D eigenvalue weighted by Gasteiger charge is 2.38. The van der Waals surface area contributed by atoms with Gasteiger partial charge in [-0.3, -0.25) is 19.7 Å². The molecule has 1 saturated heterocycles. The third kappa shape index (κ3) is 4.52. The van der Waals surface area contributed by atoms with Gasteiger partial charge in [-0.05, 0) is 48.7 Å². The van der Waals surface area contributed by atoms with Crippen LogP contribution in [0, 0.1) is 0 Å². The fourth-order valence-electron chi connectivity index (χ4n) is 3.98. The van der Waals surface area contributed by atoms with E-state index in [1.807, 2.05) is 30.5 Å². The van der Waals surface area contributed by atoms with Gasteiger partial charge in [0.1, 0.15) is 5.66 Å². The second-order valence-corrected chi connectivity index (χ2v) is 8.29. The van der Waals surface area contributed by atoms with Crippen LogP contribution in [0.3, 0.4) is 0 Å². The minimum atomic E-state index is -0.416. The third-order valence-electron chi connectivity index (χ3n) is 5.86. The number of ether oxygens (including phenoxy) is 1. The first-order chi connectivity index (χ1) is 15.0. The summed E-state index contributed by atoms with van der Waals surface area (Å²) >= 11 is 0. The topological polar surface area (TPSA) is 79.4 Å². The lowest BCUT2D eigenvalue weighted by Gasteiger charge is -2.46. The lowest BCUT2D eigenvalue weighted by Crippen LogP contribution is -2.60. The Labute approximate surface area is 183 Å². The molecule has 0 saturated carbocycles. The lowest BCUT2D eigenvalue weighted by molar-refractivity contribution is -0.00395. The maximum absolute atomic E-state index is 12.9. The minimum Gasteiger partial charge on any atom is -0.379 e. The number of nitrogens with one attached hydrogen (secondary N) is 2. The second kappa shape index (κ2) is 8.99. The van der Waals surface area contributed by atoms with Crippen LogP contribution in [-0.2, 0) is 4.74 Å². The Hall–Kier alpha value is -3.03. The van der Waals surface area contributed by atoms with E-state index < -0.39 is 5.66 Å². The fraction of sp³-hybridized carbons (Fsp3) is 0.375. The zero-order valence-electron chi connectivity index (χ0n) is 18.3. The zero-order chi connectivity index (χ0) is 21.8. The number of hydrogen-bond donors (Lipinski definition) is 2. The van der Waals surface area contributed by atoms with E-state index in [1.54, 1.807) is 24.7 Å². The number of allylic oxidation sites excluding steroid dienone is 1. The van der Waals surface area contributed by atoms with E-state index in [0.717, 1.165) is 29.9 Å². The van der Waals surface area contributed by atoms with Crippen LogP contribution in [0.25, 0.3) is 5.57 Å². The van der Waals surface area contributed by atoms with Crippen LogP contribution in [0.2, 0.25) is 0 Å². The van der Waals surface area contributed by atoms with Crippen LogP contribution in [-0.4, -0.2) is 52.7 Å². The molecule has 31 heavy (non-hydrogen) atoms. The molecule has 7 heteroatoms. The number of pyridine rings is 2. The molecule has 162 valence electrons. The Morgan fingerprint density at radius 1 is 1.19 bits per heavy atom. The van der Waals surface area contributed by atoms with E-state index in [4.69, 9.17) is 4.74 Å². The highest BCUT2D eigenvalue weighted by atomic mass is 16.5. The number of dihydropyridines is 1. The van der Waals surface area contributed by atoms with Gasteiger partial charge in [0.05, 0.1) is 18.9 Å². The first kappa shape index (κ1) is 21.2. The van der Waals surface area contributed by atoms with E-state index in [1.165, 1.54) is 0 Å². The highest BCUT2D eigenvalue weighted by Crippen LogP contribution is 2.34. The van der Waals surface area contributed by atoms with Gasteiger partial charge < -0.3 is 15.4 Å². The van der Waals surface area contributed by atoms with Gasteiger partial charge in [-0.15, -0.1) is 0 Å². The monoisotopic (exact) mass is 419 g/mol. The minimum absolute atomic E-state index is 0.155. The lowest BCUT2D eigenvalue weighted by atomic mass is 9.89. The van der Waals surface area contributed by atoms with E-state index in [2.05, 4.69) is 46.3 Å². The first-order valence-corrected chi connectivity index (χ1v) is 10.7. The molecule has 0 radical (unpaired) electrons. The fourth-order valence-corrected chi connectivity index (χ4v) is 3.98. The molecule has 4 rings (SSSR count). The van der Waals surface area contributed by atoms with Gasteiger partial charge in [0.2, 0.25) is 0 Å². The van der Waals surface area contributed by atoms with Crippen molar-refractivity contribution < 1.29 is 9.53 Å². The molecule has 7 nitrogen and oxygen atoms in total. The summed E-state index contributed by atoms with van der Waals surface area (Å²) in [7, 11) is 0. The van der Waals surface area contributed by atoms with Gasteiger partial charge in [0.15, 0.2) is 0 Å². The van der Waals surface area contributed by atoms with Crippen LogP contribution >= 0.6 is 0 Å². The van der Waals surface area contributed by atoms with Crippen molar-refractivity contribution in [2.45, 2.75) is 32.4 Å². The smallest absolute Gasteiger partial charge is 0.255 e. The van der Waals surface area contributed by atoms with Gasteiger partial charge >= 0.3 is 0 Å². The Morgan fingerprint density at radius 3 is 2.65 bits per heavy atom.